The Morgan fingerprint density at radius 3 is 2.48 bits per heavy atom. The highest BCUT2D eigenvalue weighted by atomic mass is 19.3. The summed E-state index contributed by atoms with van der Waals surface area (Å²) >= 11 is 0. The highest BCUT2D eigenvalue weighted by Crippen LogP contribution is 2.29. The lowest BCUT2D eigenvalue weighted by molar-refractivity contribution is -0.120. The topological polar surface area (TPSA) is 76.7 Å². The number of ether oxygens (including phenoxy) is 2. The van der Waals surface area contributed by atoms with E-state index < -0.39 is 6.61 Å². The van der Waals surface area contributed by atoms with Gasteiger partial charge in [0.05, 0.1) is 7.11 Å². The second-order valence-corrected chi connectivity index (χ2v) is 6.28. The Balaban J connectivity index is 1.73. The molecule has 29 heavy (non-hydrogen) atoms. The molecule has 6 nitrogen and oxygen atoms in total. The van der Waals surface area contributed by atoms with Gasteiger partial charge in [-0.05, 0) is 42.7 Å². The Bertz CT molecular complexity index is 843. The number of methoxy groups -OCH3 is 1. The lowest BCUT2D eigenvalue weighted by Gasteiger charge is -2.12. The number of nitrogens with one attached hydrogen (secondary N) is 2. The summed E-state index contributed by atoms with van der Waals surface area (Å²) in [5.74, 6) is -0.249. The average Bonchev–Trinajstić information content (AvgIpc) is 2.68. The number of amides is 2. The molecular weight excluding hydrogens is 382 g/mol. The molecule has 0 aliphatic rings. The van der Waals surface area contributed by atoms with Crippen LogP contribution in [-0.2, 0) is 11.2 Å². The maximum absolute atomic E-state index is 12.3. The van der Waals surface area contributed by atoms with Crippen LogP contribution >= 0.6 is 0 Å². The molecule has 2 amide bonds. The van der Waals surface area contributed by atoms with E-state index in [4.69, 9.17) is 4.74 Å². The molecule has 0 fully saturated rings. The Kier molecular flexibility index (Phi) is 8.39. The molecule has 8 heteroatoms. The number of carbonyl (C=O) groups is 2. The van der Waals surface area contributed by atoms with Crippen molar-refractivity contribution in [3.05, 3.63) is 59.2 Å². The van der Waals surface area contributed by atoms with Crippen molar-refractivity contribution in [2.24, 2.45) is 0 Å². The highest BCUT2D eigenvalue weighted by Gasteiger charge is 2.12. The summed E-state index contributed by atoms with van der Waals surface area (Å²) in [4.78, 5) is 24.0. The van der Waals surface area contributed by atoms with Gasteiger partial charge in [-0.1, -0.05) is 24.3 Å². The third-order valence-corrected chi connectivity index (χ3v) is 4.21. The van der Waals surface area contributed by atoms with Crippen LogP contribution < -0.4 is 20.1 Å². The lowest BCUT2D eigenvalue weighted by atomic mass is 10.1. The molecule has 0 unspecified atom stereocenters. The number of alkyl halides is 2. The van der Waals surface area contributed by atoms with Crippen molar-refractivity contribution in [2.75, 3.05) is 20.2 Å². The molecular formula is C21H24F2N2O4. The van der Waals surface area contributed by atoms with Crippen LogP contribution in [0.5, 0.6) is 11.5 Å². The first-order valence-corrected chi connectivity index (χ1v) is 9.13. The quantitative estimate of drug-likeness (QED) is 0.636. The number of rotatable bonds is 10. The number of hydrogen-bond donors (Lipinski definition) is 2. The van der Waals surface area contributed by atoms with Crippen molar-refractivity contribution in [1.82, 2.24) is 10.6 Å². The lowest BCUT2D eigenvalue weighted by Crippen LogP contribution is -2.31. The normalized spacial score (nSPS) is 10.5. The van der Waals surface area contributed by atoms with Gasteiger partial charge in [-0.15, -0.1) is 0 Å². The average molecular weight is 406 g/mol. The Hall–Kier alpha value is -3.16. The van der Waals surface area contributed by atoms with Gasteiger partial charge in [0.15, 0.2) is 11.5 Å². The zero-order chi connectivity index (χ0) is 21.2. The van der Waals surface area contributed by atoms with Crippen LogP contribution in [0.2, 0.25) is 0 Å². The monoisotopic (exact) mass is 406 g/mol. The van der Waals surface area contributed by atoms with Crippen molar-refractivity contribution in [3.8, 4) is 11.5 Å². The molecule has 2 aromatic carbocycles. The summed E-state index contributed by atoms with van der Waals surface area (Å²) in [6.07, 6.45) is 0.648. The molecule has 0 saturated carbocycles. The summed E-state index contributed by atoms with van der Waals surface area (Å²) in [7, 11) is 1.37. The molecule has 0 bridgehead atoms. The Morgan fingerprint density at radius 1 is 1.03 bits per heavy atom. The minimum Gasteiger partial charge on any atom is -0.493 e. The highest BCUT2D eigenvalue weighted by molar-refractivity contribution is 5.95. The van der Waals surface area contributed by atoms with Gasteiger partial charge in [0.1, 0.15) is 0 Å². The minimum absolute atomic E-state index is 0.0420. The second-order valence-electron chi connectivity index (χ2n) is 6.28. The molecule has 0 aromatic heterocycles. The number of benzene rings is 2. The smallest absolute Gasteiger partial charge is 0.387 e. The standard InChI is InChI=1S/C21H24F2N2O4/c1-14-5-3-4-6-16(14)20(27)25-12-10-19(26)24-11-9-15-7-8-17(29-21(22)23)18(13-15)28-2/h3-8,13,21H,9-12H2,1-2H3,(H,24,26)(H,25,27). The first-order valence-electron chi connectivity index (χ1n) is 9.13. The molecule has 2 rings (SSSR count). The zero-order valence-electron chi connectivity index (χ0n) is 16.3. The number of halogens is 2. The maximum Gasteiger partial charge on any atom is 0.387 e. The molecule has 156 valence electrons. The van der Waals surface area contributed by atoms with Crippen molar-refractivity contribution >= 4 is 11.8 Å². The van der Waals surface area contributed by atoms with Crippen LogP contribution in [0, 0.1) is 6.92 Å². The van der Waals surface area contributed by atoms with Crippen LogP contribution in [0.3, 0.4) is 0 Å². The molecule has 2 N–H and O–H groups in total. The van der Waals surface area contributed by atoms with Crippen LogP contribution in [0.4, 0.5) is 8.78 Å². The van der Waals surface area contributed by atoms with Gasteiger partial charge >= 0.3 is 6.61 Å². The van der Waals surface area contributed by atoms with E-state index in [-0.39, 0.29) is 36.3 Å². The van der Waals surface area contributed by atoms with Crippen LogP contribution in [0.25, 0.3) is 0 Å². The van der Waals surface area contributed by atoms with E-state index in [1.165, 1.54) is 13.2 Å². The fraction of sp³-hybridized carbons (Fsp3) is 0.333. The van der Waals surface area contributed by atoms with Crippen molar-refractivity contribution in [2.45, 2.75) is 26.4 Å². The van der Waals surface area contributed by atoms with E-state index >= 15 is 0 Å². The SMILES string of the molecule is COc1cc(CCNC(=O)CCNC(=O)c2ccccc2C)ccc1OC(F)F. The van der Waals surface area contributed by atoms with Crippen LogP contribution in [-0.4, -0.2) is 38.6 Å². The van der Waals surface area contributed by atoms with Crippen molar-refractivity contribution in [1.29, 1.82) is 0 Å². The molecule has 0 spiro atoms. The van der Waals surface area contributed by atoms with Gasteiger partial charge in [-0.2, -0.15) is 8.78 Å². The molecule has 0 radical (unpaired) electrons. The van der Waals surface area contributed by atoms with Crippen molar-refractivity contribution in [3.63, 3.8) is 0 Å². The van der Waals surface area contributed by atoms with E-state index in [1.54, 1.807) is 24.3 Å². The molecule has 0 heterocycles. The van der Waals surface area contributed by atoms with E-state index in [0.717, 1.165) is 11.1 Å². The number of hydrogen-bond acceptors (Lipinski definition) is 4. The molecule has 0 atom stereocenters. The predicted molar refractivity (Wildman–Crippen MR) is 104 cm³/mol. The molecule has 0 saturated heterocycles. The van der Waals surface area contributed by atoms with Crippen molar-refractivity contribution < 1.29 is 27.8 Å². The Labute approximate surface area is 168 Å². The van der Waals surface area contributed by atoms with Gasteiger partial charge in [0.25, 0.3) is 5.91 Å². The summed E-state index contributed by atoms with van der Waals surface area (Å²) in [6.45, 7) is -0.488. The van der Waals surface area contributed by atoms with E-state index in [0.29, 0.717) is 18.5 Å². The second kappa shape index (κ2) is 11.0. The van der Waals surface area contributed by atoms with Gasteiger partial charge in [-0.3, -0.25) is 9.59 Å². The summed E-state index contributed by atoms with van der Waals surface area (Å²) < 4.78 is 34.1. The fourth-order valence-corrected chi connectivity index (χ4v) is 2.71. The van der Waals surface area contributed by atoms with Crippen LogP contribution in [0.1, 0.15) is 27.9 Å². The summed E-state index contributed by atoms with van der Waals surface area (Å²) in [6, 6.07) is 11.9. The molecule has 0 aliphatic heterocycles. The molecule has 0 aliphatic carbocycles. The number of aryl methyl sites for hydroxylation is 1. The predicted octanol–water partition coefficient (Wildman–Crippen LogP) is 3.08. The van der Waals surface area contributed by atoms with Gasteiger partial charge < -0.3 is 20.1 Å². The number of carbonyl (C=O) groups excluding carboxylic acids is 2. The fourth-order valence-electron chi connectivity index (χ4n) is 2.71. The van der Waals surface area contributed by atoms with E-state index in [9.17, 15) is 18.4 Å². The molecule has 2 aromatic rings. The largest absolute Gasteiger partial charge is 0.493 e. The summed E-state index contributed by atoms with van der Waals surface area (Å²) in [5, 5.41) is 5.48. The summed E-state index contributed by atoms with van der Waals surface area (Å²) in [5.41, 5.74) is 2.26. The first-order chi connectivity index (χ1) is 13.9. The van der Waals surface area contributed by atoms with E-state index in [1.807, 2.05) is 19.1 Å². The van der Waals surface area contributed by atoms with E-state index in [2.05, 4.69) is 15.4 Å². The minimum atomic E-state index is -2.93. The van der Waals surface area contributed by atoms with Gasteiger partial charge in [0.2, 0.25) is 5.91 Å². The zero-order valence-corrected chi connectivity index (χ0v) is 16.3. The maximum atomic E-state index is 12.3. The van der Waals surface area contributed by atoms with Gasteiger partial charge in [0, 0.05) is 25.1 Å². The van der Waals surface area contributed by atoms with Gasteiger partial charge in [-0.25, -0.2) is 0 Å². The Morgan fingerprint density at radius 2 is 1.79 bits per heavy atom. The van der Waals surface area contributed by atoms with Crippen LogP contribution in [0.15, 0.2) is 42.5 Å². The third-order valence-electron chi connectivity index (χ3n) is 4.21. The first kappa shape index (κ1) is 22.1. The third kappa shape index (κ3) is 7.06.